The predicted molar refractivity (Wildman–Crippen MR) is 104 cm³/mol. The molecule has 2 aliphatic rings. The van der Waals surface area contributed by atoms with E-state index in [4.69, 9.17) is 4.74 Å². The molecule has 0 N–H and O–H groups in total. The molecule has 3 aromatic rings. The third-order valence-corrected chi connectivity index (χ3v) is 5.83. The topological polar surface area (TPSA) is 65.2 Å². The molecule has 2 aliphatic heterocycles. The third-order valence-electron chi connectivity index (χ3n) is 5.83. The second-order valence-corrected chi connectivity index (χ2v) is 7.83. The minimum absolute atomic E-state index is 0.209. The highest BCUT2D eigenvalue weighted by molar-refractivity contribution is 5.94. The lowest BCUT2D eigenvalue weighted by molar-refractivity contribution is 0.0724. The van der Waals surface area contributed by atoms with Crippen molar-refractivity contribution in [2.75, 3.05) is 13.2 Å². The van der Waals surface area contributed by atoms with Gasteiger partial charge in [-0.15, -0.1) is 0 Å². The second kappa shape index (κ2) is 7.14. The summed E-state index contributed by atoms with van der Waals surface area (Å²) >= 11 is 0. The van der Waals surface area contributed by atoms with Crippen LogP contribution in [0.25, 0.3) is 11.3 Å². The lowest BCUT2D eigenvalue weighted by atomic mass is 9.99. The minimum atomic E-state index is -1.50. The van der Waals surface area contributed by atoms with E-state index in [-0.39, 0.29) is 18.0 Å². The lowest BCUT2D eigenvalue weighted by Crippen LogP contribution is -2.36. The van der Waals surface area contributed by atoms with Crippen molar-refractivity contribution in [1.29, 1.82) is 0 Å². The SMILES string of the molecule is Cc1c(C(=O)N2CCc3c(nn(C)c3-c3cc(F)c(F)c(F)c3)C2)nn2c1OCCC2. The number of amides is 1. The van der Waals surface area contributed by atoms with Gasteiger partial charge in [0, 0.05) is 43.2 Å². The molecule has 0 saturated carbocycles. The number of carbonyl (C=O) groups excluding carboxylic acids is 1. The van der Waals surface area contributed by atoms with Gasteiger partial charge in [-0.05, 0) is 25.5 Å². The zero-order chi connectivity index (χ0) is 21.9. The minimum Gasteiger partial charge on any atom is -0.478 e. The molecule has 0 radical (unpaired) electrons. The van der Waals surface area contributed by atoms with Gasteiger partial charge in [-0.3, -0.25) is 9.48 Å². The van der Waals surface area contributed by atoms with Crippen LogP contribution in [0.1, 0.15) is 33.7 Å². The van der Waals surface area contributed by atoms with Gasteiger partial charge in [-0.2, -0.15) is 10.2 Å². The van der Waals surface area contributed by atoms with E-state index in [1.165, 1.54) is 4.68 Å². The number of carbonyl (C=O) groups is 1. The highest BCUT2D eigenvalue weighted by Crippen LogP contribution is 2.33. The first-order chi connectivity index (χ1) is 14.8. The van der Waals surface area contributed by atoms with Crippen LogP contribution in [0.5, 0.6) is 5.88 Å². The number of aryl methyl sites for hydroxylation is 2. The number of halogens is 3. The summed E-state index contributed by atoms with van der Waals surface area (Å²) in [5, 5.41) is 8.89. The zero-order valence-electron chi connectivity index (χ0n) is 17.1. The molecule has 1 amide bonds. The summed E-state index contributed by atoms with van der Waals surface area (Å²) < 4.78 is 49.8. The van der Waals surface area contributed by atoms with Crippen molar-refractivity contribution in [3.8, 4) is 17.1 Å². The fourth-order valence-corrected chi connectivity index (χ4v) is 4.35. The van der Waals surface area contributed by atoms with Crippen LogP contribution >= 0.6 is 0 Å². The first-order valence-corrected chi connectivity index (χ1v) is 10.0. The summed E-state index contributed by atoms with van der Waals surface area (Å²) in [6.45, 7) is 3.79. The molecule has 2 aromatic heterocycles. The maximum atomic E-state index is 13.8. The smallest absolute Gasteiger partial charge is 0.275 e. The number of nitrogens with zero attached hydrogens (tertiary/aromatic N) is 5. The van der Waals surface area contributed by atoms with Crippen LogP contribution in [-0.4, -0.2) is 43.5 Å². The van der Waals surface area contributed by atoms with Crippen molar-refractivity contribution in [3.63, 3.8) is 0 Å². The molecule has 7 nitrogen and oxygen atoms in total. The van der Waals surface area contributed by atoms with Gasteiger partial charge in [0.2, 0.25) is 5.88 Å². The van der Waals surface area contributed by atoms with Gasteiger partial charge in [0.1, 0.15) is 0 Å². The average molecular weight is 431 g/mol. The standard InChI is InChI=1S/C21H20F3N5O2/c1-11-18(26-29-5-3-7-31-21(11)29)20(30)28-6-4-13-16(10-28)25-27(2)19(13)12-8-14(22)17(24)15(23)9-12/h8-9H,3-7,10H2,1-2H3. The van der Waals surface area contributed by atoms with Crippen molar-refractivity contribution in [3.05, 3.63) is 52.1 Å². The number of hydrogen-bond donors (Lipinski definition) is 0. The number of ether oxygens (including phenoxy) is 1. The van der Waals surface area contributed by atoms with Crippen molar-refractivity contribution in [1.82, 2.24) is 24.5 Å². The Morgan fingerprint density at radius 2 is 1.87 bits per heavy atom. The molecular weight excluding hydrogens is 411 g/mol. The first-order valence-electron chi connectivity index (χ1n) is 10.0. The molecule has 31 heavy (non-hydrogen) atoms. The van der Waals surface area contributed by atoms with Crippen molar-refractivity contribution in [2.45, 2.75) is 32.9 Å². The molecule has 0 fully saturated rings. The van der Waals surface area contributed by atoms with Gasteiger partial charge in [0.05, 0.1) is 24.5 Å². The molecule has 4 heterocycles. The molecule has 0 unspecified atom stereocenters. The third kappa shape index (κ3) is 3.08. The van der Waals surface area contributed by atoms with Crippen LogP contribution in [0.3, 0.4) is 0 Å². The predicted octanol–water partition coefficient (Wildman–Crippen LogP) is 2.99. The quantitative estimate of drug-likeness (QED) is 0.586. The van der Waals surface area contributed by atoms with Crippen LogP contribution in [-0.2, 0) is 26.6 Å². The van der Waals surface area contributed by atoms with E-state index in [2.05, 4.69) is 10.2 Å². The maximum Gasteiger partial charge on any atom is 0.275 e. The molecule has 1 aromatic carbocycles. The summed E-state index contributed by atoms with van der Waals surface area (Å²) in [6, 6.07) is 1.93. The van der Waals surface area contributed by atoms with Gasteiger partial charge < -0.3 is 9.64 Å². The van der Waals surface area contributed by atoms with Gasteiger partial charge >= 0.3 is 0 Å². The Labute approximate surface area is 176 Å². The molecular formula is C21H20F3N5O2. The summed E-state index contributed by atoms with van der Waals surface area (Å²) in [5.74, 6) is -3.58. The molecule has 10 heteroatoms. The van der Waals surface area contributed by atoms with E-state index in [9.17, 15) is 18.0 Å². The Morgan fingerprint density at radius 3 is 2.58 bits per heavy atom. The molecule has 0 bridgehead atoms. The van der Waals surface area contributed by atoms with Gasteiger partial charge in [0.15, 0.2) is 23.1 Å². The largest absolute Gasteiger partial charge is 0.478 e. The number of rotatable bonds is 2. The van der Waals surface area contributed by atoms with E-state index in [1.54, 1.807) is 16.6 Å². The summed E-state index contributed by atoms with van der Waals surface area (Å²) in [7, 11) is 1.66. The second-order valence-electron chi connectivity index (χ2n) is 7.83. The monoisotopic (exact) mass is 431 g/mol. The van der Waals surface area contributed by atoms with Crippen LogP contribution in [0.4, 0.5) is 13.2 Å². The van der Waals surface area contributed by atoms with Crippen molar-refractivity contribution < 1.29 is 22.7 Å². The Hall–Kier alpha value is -3.30. The molecule has 0 saturated heterocycles. The zero-order valence-corrected chi connectivity index (χ0v) is 17.1. The van der Waals surface area contributed by atoms with Crippen LogP contribution < -0.4 is 4.74 Å². The highest BCUT2D eigenvalue weighted by Gasteiger charge is 2.31. The fraction of sp³-hybridized carbons (Fsp3) is 0.381. The number of hydrogen-bond acceptors (Lipinski definition) is 4. The molecule has 0 spiro atoms. The van der Waals surface area contributed by atoms with Crippen molar-refractivity contribution >= 4 is 5.91 Å². The maximum absolute atomic E-state index is 13.8. The summed E-state index contributed by atoms with van der Waals surface area (Å²) in [4.78, 5) is 14.8. The molecule has 0 atom stereocenters. The Balaban J connectivity index is 1.45. The number of benzene rings is 1. The number of fused-ring (bicyclic) bond motifs is 2. The van der Waals surface area contributed by atoms with E-state index < -0.39 is 17.5 Å². The summed E-state index contributed by atoms with van der Waals surface area (Å²) in [6.07, 6.45) is 1.30. The van der Waals surface area contributed by atoms with Crippen LogP contribution in [0, 0.1) is 24.4 Å². The van der Waals surface area contributed by atoms with Gasteiger partial charge in [-0.1, -0.05) is 0 Å². The van der Waals surface area contributed by atoms with Gasteiger partial charge in [0.25, 0.3) is 5.91 Å². The Bertz CT molecular complexity index is 1190. The summed E-state index contributed by atoms with van der Waals surface area (Å²) in [5.41, 5.74) is 3.24. The average Bonchev–Trinajstić information content (AvgIpc) is 3.27. The lowest BCUT2D eigenvalue weighted by Gasteiger charge is -2.26. The number of aromatic nitrogens is 4. The molecule has 5 rings (SSSR count). The van der Waals surface area contributed by atoms with E-state index >= 15 is 0 Å². The van der Waals surface area contributed by atoms with Crippen LogP contribution in [0.2, 0.25) is 0 Å². The first kappa shape index (κ1) is 19.7. The molecule has 0 aliphatic carbocycles. The van der Waals surface area contributed by atoms with E-state index in [0.717, 1.165) is 29.7 Å². The fourth-order valence-electron chi connectivity index (χ4n) is 4.35. The Kier molecular flexibility index (Phi) is 4.53. The van der Waals surface area contributed by atoms with Crippen molar-refractivity contribution in [2.24, 2.45) is 7.05 Å². The normalized spacial score (nSPS) is 15.5. The van der Waals surface area contributed by atoms with Gasteiger partial charge in [-0.25, -0.2) is 17.9 Å². The van der Waals surface area contributed by atoms with E-state index in [1.807, 2.05) is 6.92 Å². The highest BCUT2D eigenvalue weighted by atomic mass is 19.2. The molecule has 162 valence electrons. The van der Waals surface area contributed by atoms with E-state index in [0.29, 0.717) is 49.1 Å². The van der Waals surface area contributed by atoms with Crippen LogP contribution in [0.15, 0.2) is 12.1 Å². The Morgan fingerprint density at radius 1 is 1.13 bits per heavy atom.